The van der Waals surface area contributed by atoms with Crippen LogP contribution in [0.3, 0.4) is 0 Å². The van der Waals surface area contributed by atoms with E-state index in [0.717, 1.165) is 122 Å². The number of ether oxygens (including phenoxy) is 2. The van der Waals surface area contributed by atoms with Gasteiger partial charge in [0.1, 0.15) is 6.61 Å². The number of unbranched alkanes of at least 4 members (excludes halogenated alkanes) is 37. The van der Waals surface area contributed by atoms with Gasteiger partial charge in [-0.25, -0.2) is 4.57 Å². The van der Waals surface area contributed by atoms with E-state index in [0.29, 0.717) is 6.42 Å². The van der Waals surface area contributed by atoms with Crippen LogP contribution in [0.25, 0.3) is 0 Å². The highest BCUT2D eigenvalue weighted by molar-refractivity contribution is 7.47. The molecule has 0 rings (SSSR count). The minimum absolute atomic E-state index is 0.0459. The summed E-state index contributed by atoms with van der Waals surface area (Å²) in [7, 11) is -4.41. The first kappa shape index (κ1) is 89.2. The molecule has 0 aliphatic heterocycles. The molecule has 0 aromatic carbocycles. The largest absolute Gasteiger partial charge is 0.472 e. The standard InChI is InChI=1S/C83H144NO8P/c1-3-5-7-9-11-13-15-17-19-21-23-25-27-29-31-33-35-36-37-38-39-40-41-42-43-44-46-47-49-51-53-55-57-59-61-63-65-67-69-71-73-75-82(85)89-79-81(80-91-93(87,88)90-78-77-84)92-83(86)76-74-72-70-68-66-64-62-60-58-56-54-52-50-48-45-34-32-30-28-26-24-22-20-18-16-14-12-10-8-6-4-2/h6,8,12,14-15,17-18,20-21,23-24,26-27,29-30,32,45,48,52,54,58,60,81H,3-5,7,9-11,13,16,19,22,25,28,31,33-44,46-47,49-51,53,55-57,59,61-80,84H2,1-2H3,(H,87,88)/b8-6-,14-12-,17-15-,20-18-,23-21-,26-24-,29-27-,32-30-,48-45-,54-52-,60-58-. The fourth-order valence-corrected chi connectivity index (χ4v) is 11.6. The van der Waals surface area contributed by atoms with Crippen LogP contribution in [0.5, 0.6) is 0 Å². The van der Waals surface area contributed by atoms with Crippen molar-refractivity contribution in [1.82, 2.24) is 0 Å². The van der Waals surface area contributed by atoms with Gasteiger partial charge in [-0.05, 0) is 116 Å². The Hall–Kier alpha value is -3.85. The third-order valence-corrected chi connectivity index (χ3v) is 17.5. The van der Waals surface area contributed by atoms with Gasteiger partial charge in [-0.2, -0.15) is 0 Å². The molecular weight excluding hydrogens is 1170 g/mol. The number of nitrogens with two attached hydrogens (primary N) is 1. The van der Waals surface area contributed by atoms with Crippen LogP contribution in [-0.4, -0.2) is 49.3 Å². The van der Waals surface area contributed by atoms with E-state index in [9.17, 15) is 19.0 Å². The summed E-state index contributed by atoms with van der Waals surface area (Å²) >= 11 is 0. The van der Waals surface area contributed by atoms with E-state index in [1.165, 1.54) is 193 Å². The van der Waals surface area contributed by atoms with Crippen molar-refractivity contribution >= 4 is 19.8 Å². The van der Waals surface area contributed by atoms with Crippen molar-refractivity contribution in [3.05, 3.63) is 134 Å². The van der Waals surface area contributed by atoms with Crippen molar-refractivity contribution in [2.75, 3.05) is 26.4 Å². The highest BCUT2D eigenvalue weighted by Gasteiger charge is 2.26. The van der Waals surface area contributed by atoms with Gasteiger partial charge in [0, 0.05) is 19.4 Å². The normalized spacial score (nSPS) is 13.6. The fourth-order valence-electron chi connectivity index (χ4n) is 10.8. The predicted octanol–water partition coefficient (Wildman–Crippen LogP) is 26.0. The monoisotopic (exact) mass is 1310 g/mol. The van der Waals surface area contributed by atoms with Crippen LogP contribution < -0.4 is 5.73 Å². The zero-order valence-corrected chi connectivity index (χ0v) is 61.1. The average molecular weight is 1320 g/mol. The Bertz CT molecular complexity index is 1990. The van der Waals surface area contributed by atoms with Crippen LogP contribution >= 0.6 is 7.82 Å². The van der Waals surface area contributed by atoms with Crippen molar-refractivity contribution < 1.29 is 37.6 Å². The van der Waals surface area contributed by atoms with Gasteiger partial charge in [-0.3, -0.25) is 18.6 Å². The average Bonchev–Trinajstić information content (AvgIpc) is 3.70. The number of phosphoric acid groups is 1. The highest BCUT2D eigenvalue weighted by atomic mass is 31.2. The Morgan fingerprint density at radius 1 is 0.333 bits per heavy atom. The second kappa shape index (κ2) is 77.2. The van der Waals surface area contributed by atoms with Gasteiger partial charge in [0.05, 0.1) is 13.2 Å². The van der Waals surface area contributed by atoms with Gasteiger partial charge in [-0.15, -0.1) is 0 Å². The maximum absolute atomic E-state index is 12.8. The van der Waals surface area contributed by atoms with Gasteiger partial charge in [0.25, 0.3) is 0 Å². The Kier molecular flexibility index (Phi) is 74.0. The van der Waals surface area contributed by atoms with Gasteiger partial charge < -0.3 is 20.1 Å². The van der Waals surface area contributed by atoms with Gasteiger partial charge in [0.2, 0.25) is 0 Å². The number of rotatable bonds is 72. The van der Waals surface area contributed by atoms with Gasteiger partial charge in [0.15, 0.2) is 6.10 Å². The van der Waals surface area contributed by atoms with Crippen molar-refractivity contribution in [1.29, 1.82) is 0 Å². The van der Waals surface area contributed by atoms with E-state index in [2.05, 4.69) is 148 Å². The van der Waals surface area contributed by atoms with Crippen LogP contribution in [0.15, 0.2) is 134 Å². The molecule has 3 N–H and O–H groups in total. The topological polar surface area (TPSA) is 134 Å². The van der Waals surface area contributed by atoms with Crippen molar-refractivity contribution in [3.63, 3.8) is 0 Å². The molecular formula is C83H144NO8P. The van der Waals surface area contributed by atoms with E-state index >= 15 is 0 Å². The lowest BCUT2D eigenvalue weighted by Gasteiger charge is -2.19. The zero-order valence-electron chi connectivity index (χ0n) is 60.2. The van der Waals surface area contributed by atoms with Crippen molar-refractivity contribution in [2.45, 2.75) is 354 Å². The number of hydrogen-bond acceptors (Lipinski definition) is 8. The molecule has 0 radical (unpaired) electrons. The molecule has 0 bridgehead atoms. The summed E-state index contributed by atoms with van der Waals surface area (Å²) in [5.74, 6) is -0.840. The second-order valence-electron chi connectivity index (χ2n) is 25.5. The molecule has 0 aliphatic rings. The number of hydrogen-bond donors (Lipinski definition) is 2. The summed E-state index contributed by atoms with van der Waals surface area (Å²) in [5, 5.41) is 0. The number of esters is 2. The van der Waals surface area contributed by atoms with E-state index in [4.69, 9.17) is 24.3 Å². The van der Waals surface area contributed by atoms with Crippen LogP contribution in [0.2, 0.25) is 0 Å². The van der Waals surface area contributed by atoms with Crippen LogP contribution in [-0.2, 0) is 32.7 Å². The number of carbonyl (C=O) groups is 2. The Balaban J connectivity index is 3.85. The van der Waals surface area contributed by atoms with E-state index in [1.807, 2.05) is 0 Å². The maximum Gasteiger partial charge on any atom is 0.472 e. The Morgan fingerprint density at radius 2 is 0.591 bits per heavy atom. The lowest BCUT2D eigenvalue weighted by atomic mass is 10.0. The molecule has 534 valence electrons. The van der Waals surface area contributed by atoms with Gasteiger partial charge >= 0.3 is 19.8 Å². The maximum atomic E-state index is 12.8. The zero-order chi connectivity index (χ0) is 67.2. The molecule has 0 aromatic heterocycles. The van der Waals surface area contributed by atoms with Crippen molar-refractivity contribution in [3.8, 4) is 0 Å². The quantitative estimate of drug-likeness (QED) is 0.0264. The molecule has 0 aromatic rings. The molecule has 0 spiro atoms. The molecule has 0 fully saturated rings. The van der Waals surface area contributed by atoms with Crippen molar-refractivity contribution in [2.24, 2.45) is 5.73 Å². The number of allylic oxidation sites excluding steroid dienone is 22. The second-order valence-corrected chi connectivity index (χ2v) is 26.9. The lowest BCUT2D eigenvalue weighted by molar-refractivity contribution is -0.161. The summed E-state index contributed by atoms with van der Waals surface area (Å²) in [6, 6.07) is 0. The Labute approximate surface area is 574 Å². The fraction of sp³-hybridized carbons (Fsp3) is 0.711. The molecule has 9 nitrogen and oxygen atoms in total. The molecule has 0 saturated carbocycles. The minimum atomic E-state index is -4.41. The molecule has 2 atom stereocenters. The van der Waals surface area contributed by atoms with E-state index < -0.39 is 26.5 Å². The summed E-state index contributed by atoms with van der Waals surface area (Å²) in [5.41, 5.74) is 5.41. The van der Waals surface area contributed by atoms with Crippen LogP contribution in [0, 0.1) is 0 Å². The predicted molar refractivity (Wildman–Crippen MR) is 404 cm³/mol. The SMILES string of the molecule is CC/C=C\C/C=C\C/C=C\C/C=C\C/C=C\C/C=C\C/C=C\C/C=C\CCCCCCCCC(=O)OC(COC(=O)CCCCCCCCCCCCCCCCCCCCCCCCCCCC/C=C\C/C=C\C/C=C\CCCCCCC)COP(=O)(O)OCCN. The summed E-state index contributed by atoms with van der Waals surface area (Å²) in [6.45, 7) is 3.63. The third-order valence-electron chi connectivity index (χ3n) is 16.5. The Morgan fingerprint density at radius 3 is 0.882 bits per heavy atom. The lowest BCUT2D eigenvalue weighted by Crippen LogP contribution is -2.29. The third kappa shape index (κ3) is 77.0. The van der Waals surface area contributed by atoms with Crippen LogP contribution in [0.4, 0.5) is 0 Å². The molecule has 0 heterocycles. The molecule has 10 heteroatoms. The first-order chi connectivity index (χ1) is 45.8. The molecule has 0 amide bonds. The van der Waals surface area contributed by atoms with E-state index in [-0.39, 0.29) is 38.6 Å². The number of carbonyl (C=O) groups excluding carboxylic acids is 2. The molecule has 0 aliphatic carbocycles. The van der Waals surface area contributed by atoms with E-state index in [1.54, 1.807) is 0 Å². The first-order valence-electron chi connectivity index (χ1n) is 38.7. The summed E-state index contributed by atoms with van der Waals surface area (Å²) in [6.07, 6.45) is 110. The minimum Gasteiger partial charge on any atom is -0.462 e. The molecule has 2 unspecified atom stereocenters. The van der Waals surface area contributed by atoms with Gasteiger partial charge in [-0.1, -0.05) is 353 Å². The first-order valence-corrected chi connectivity index (χ1v) is 40.2. The van der Waals surface area contributed by atoms with Crippen LogP contribution in [0.1, 0.15) is 348 Å². The number of phosphoric ester groups is 1. The highest BCUT2D eigenvalue weighted by Crippen LogP contribution is 2.43. The molecule has 93 heavy (non-hydrogen) atoms. The summed E-state index contributed by atoms with van der Waals surface area (Å²) < 4.78 is 33.2. The summed E-state index contributed by atoms with van der Waals surface area (Å²) in [4.78, 5) is 35.4. The smallest absolute Gasteiger partial charge is 0.462 e. The molecule has 0 saturated heterocycles.